The van der Waals surface area contributed by atoms with Crippen molar-refractivity contribution in [3.05, 3.63) is 71.0 Å². The number of carbonyl (C=O) groups is 3. The van der Waals surface area contributed by atoms with Crippen LogP contribution in [0, 0.1) is 5.82 Å². The second-order valence-electron chi connectivity index (χ2n) is 6.94. The molecule has 0 aromatic heterocycles. The Morgan fingerprint density at radius 3 is 2.15 bits per heavy atom. The fourth-order valence-electron chi connectivity index (χ4n) is 3.39. The number of carbonyl (C=O) groups excluding carboxylic acids is 3. The van der Waals surface area contributed by atoms with Crippen LogP contribution in [0.5, 0.6) is 0 Å². The first-order valence-electron chi connectivity index (χ1n) is 9.04. The first-order chi connectivity index (χ1) is 13.0. The van der Waals surface area contributed by atoms with E-state index in [2.05, 4.69) is 0 Å². The number of rotatable bonds is 6. The maximum Gasteiger partial charge on any atom is 0.261 e. The van der Waals surface area contributed by atoms with Gasteiger partial charge in [-0.25, -0.2) is 4.39 Å². The summed E-state index contributed by atoms with van der Waals surface area (Å²) < 4.78 is 13.1. The van der Waals surface area contributed by atoms with Gasteiger partial charge in [0.2, 0.25) is 5.91 Å². The number of halogens is 1. The minimum absolute atomic E-state index is 0.0673. The van der Waals surface area contributed by atoms with E-state index in [1.807, 2.05) is 0 Å². The molecule has 0 atom stereocenters. The highest BCUT2D eigenvalue weighted by Crippen LogP contribution is 2.29. The third-order valence-electron chi connectivity index (χ3n) is 5.00. The molecule has 0 radical (unpaired) electrons. The van der Waals surface area contributed by atoms with Gasteiger partial charge in [0, 0.05) is 25.6 Å². The summed E-state index contributed by atoms with van der Waals surface area (Å²) in [6, 6.07) is 13.0. The second kappa shape index (κ2) is 6.95. The molecule has 4 rings (SSSR count). The number of hydrogen-bond acceptors (Lipinski definition) is 3. The maximum absolute atomic E-state index is 13.1. The maximum atomic E-state index is 13.1. The fraction of sp³-hybridized carbons (Fsp3) is 0.286. The van der Waals surface area contributed by atoms with Crippen LogP contribution in [0.3, 0.4) is 0 Å². The molecule has 2 aromatic carbocycles. The first-order valence-corrected chi connectivity index (χ1v) is 9.04. The molecule has 1 fully saturated rings. The van der Waals surface area contributed by atoms with Crippen LogP contribution in [0.1, 0.15) is 45.5 Å². The third kappa shape index (κ3) is 3.47. The van der Waals surface area contributed by atoms with E-state index >= 15 is 0 Å². The lowest BCUT2D eigenvalue weighted by Gasteiger charge is -2.24. The molecule has 1 heterocycles. The average molecular weight is 366 g/mol. The summed E-state index contributed by atoms with van der Waals surface area (Å²) in [7, 11) is 0. The normalized spacial score (nSPS) is 15.8. The van der Waals surface area contributed by atoms with E-state index in [0.29, 0.717) is 17.7 Å². The van der Waals surface area contributed by atoms with Gasteiger partial charge in [0.05, 0.1) is 11.1 Å². The SMILES string of the molecule is O=C1c2ccccc2C(=O)N1CCC(=O)N(Cc1ccc(F)cc1)C1CC1. The van der Waals surface area contributed by atoms with Crippen molar-refractivity contribution < 1.29 is 18.8 Å². The molecule has 5 nitrogen and oxygen atoms in total. The predicted molar refractivity (Wildman–Crippen MR) is 96.4 cm³/mol. The molecule has 0 saturated heterocycles. The lowest BCUT2D eigenvalue weighted by molar-refractivity contribution is -0.132. The van der Waals surface area contributed by atoms with E-state index in [1.165, 1.54) is 12.1 Å². The molecule has 6 heteroatoms. The number of benzene rings is 2. The average Bonchev–Trinajstić information content (AvgIpc) is 3.48. The topological polar surface area (TPSA) is 57.7 Å². The number of fused-ring (bicyclic) bond motifs is 1. The van der Waals surface area contributed by atoms with E-state index in [9.17, 15) is 18.8 Å². The van der Waals surface area contributed by atoms with Crippen LogP contribution in [0.4, 0.5) is 4.39 Å². The Kier molecular flexibility index (Phi) is 4.48. The summed E-state index contributed by atoms with van der Waals surface area (Å²) in [5, 5.41) is 0. The monoisotopic (exact) mass is 366 g/mol. The Hall–Kier alpha value is -3.02. The van der Waals surface area contributed by atoms with Gasteiger partial charge in [0.1, 0.15) is 5.82 Å². The van der Waals surface area contributed by atoms with E-state index in [4.69, 9.17) is 0 Å². The zero-order chi connectivity index (χ0) is 19.0. The molecular weight excluding hydrogens is 347 g/mol. The highest BCUT2D eigenvalue weighted by atomic mass is 19.1. The van der Waals surface area contributed by atoms with Crippen LogP contribution in [0.2, 0.25) is 0 Å². The van der Waals surface area contributed by atoms with Crippen LogP contribution in [0.15, 0.2) is 48.5 Å². The van der Waals surface area contributed by atoms with Crippen molar-refractivity contribution in [2.24, 2.45) is 0 Å². The van der Waals surface area contributed by atoms with Crippen LogP contribution < -0.4 is 0 Å². The number of nitrogens with zero attached hydrogens (tertiary/aromatic N) is 2. The van der Waals surface area contributed by atoms with Crippen LogP contribution in [-0.2, 0) is 11.3 Å². The highest BCUT2D eigenvalue weighted by Gasteiger charge is 2.37. The van der Waals surface area contributed by atoms with Crippen molar-refractivity contribution in [1.29, 1.82) is 0 Å². The lowest BCUT2D eigenvalue weighted by atomic mass is 10.1. The molecule has 0 unspecified atom stereocenters. The van der Waals surface area contributed by atoms with Crippen molar-refractivity contribution in [2.45, 2.75) is 31.8 Å². The number of imide groups is 1. The van der Waals surface area contributed by atoms with Crippen molar-refractivity contribution in [1.82, 2.24) is 9.80 Å². The van der Waals surface area contributed by atoms with Gasteiger partial charge in [-0.2, -0.15) is 0 Å². The molecule has 2 aliphatic rings. The summed E-state index contributed by atoms with van der Waals surface area (Å²) in [5.41, 5.74) is 1.64. The molecule has 1 saturated carbocycles. The Balaban J connectivity index is 1.41. The molecule has 138 valence electrons. The molecule has 3 amide bonds. The zero-order valence-corrected chi connectivity index (χ0v) is 14.7. The van der Waals surface area contributed by atoms with Gasteiger partial charge in [-0.15, -0.1) is 0 Å². The third-order valence-corrected chi connectivity index (χ3v) is 5.00. The lowest BCUT2D eigenvalue weighted by Crippen LogP contribution is -2.37. The van der Waals surface area contributed by atoms with Crippen molar-refractivity contribution in [2.75, 3.05) is 6.54 Å². The van der Waals surface area contributed by atoms with Gasteiger partial charge >= 0.3 is 0 Å². The van der Waals surface area contributed by atoms with Crippen molar-refractivity contribution in [3.63, 3.8) is 0 Å². The molecule has 2 aromatic rings. The van der Waals surface area contributed by atoms with Gasteiger partial charge in [0.15, 0.2) is 0 Å². The molecule has 1 aliphatic heterocycles. The molecule has 27 heavy (non-hydrogen) atoms. The highest BCUT2D eigenvalue weighted by molar-refractivity contribution is 6.21. The Labute approximate surface area is 156 Å². The number of hydrogen-bond donors (Lipinski definition) is 0. The smallest absolute Gasteiger partial charge is 0.261 e. The fourth-order valence-corrected chi connectivity index (χ4v) is 3.39. The largest absolute Gasteiger partial charge is 0.335 e. The molecule has 0 bridgehead atoms. The van der Waals surface area contributed by atoms with Gasteiger partial charge in [-0.1, -0.05) is 24.3 Å². The van der Waals surface area contributed by atoms with Gasteiger partial charge in [0.25, 0.3) is 11.8 Å². The summed E-state index contributed by atoms with van der Waals surface area (Å²) >= 11 is 0. The first kappa shape index (κ1) is 17.4. The molecule has 0 N–H and O–H groups in total. The molecule has 1 aliphatic carbocycles. The van der Waals surface area contributed by atoms with E-state index in [1.54, 1.807) is 41.3 Å². The van der Waals surface area contributed by atoms with E-state index in [-0.39, 0.29) is 42.5 Å². The quantitative estimate of drug-likeness (QED) is 0.739. The van der Waals surface area contributed by atoms with Gasteiger partial charge in [-0.3, -0.25) is 19.3 Å². The second-order valence-corrected chi connectivity index (χ2v) is 6.94. The summed E-state index contributed by atoms with van der Waals surface area (Å²) in [6.45, 7) is 0.476. The standard InChI is InChI=1S/C21H19FN2O3/c22-15-7-5-14(6-8-15)13-24(16-9-10-16)19(25)11-12-23-20(26)17-3-1-2-4-18(17)21(23)27/h1-8,16H,9-13H2. The Morgan fingerprint density at radius 2 is 1.59 bits per heavy atom. The van der Waals surface area contributed by atoms with Crippen LogP contribution in [0.25, 0.3) is 0 Å². The number of amides is 3. The Bertz CT molecular complexity index is 871. The van der Waals surface area contributed by atoms with Crippen LogP contribution in [-0.4, -0.2) is 40.1 Å². The summed E-state index contributed by atoms with van der Waals surface area (Å²) in [6.07, 6.45) is 1.98. The van der Waals surface area contributed by atoms with Gasteiger partial charge < -0.3 is 4.90 Å². The zero-order valence-electron chi connectivity index (χ0n) is 14.7. The summed E-state index contributed by atoms with van der Waals surface area (Å²) in [4.78, 5) is 40.5. The van der Waals surface area contributed by atoms with E-state index < -0.39 is 0 Å². The summed E-state index contributed by atoms with van der Waals surface area (Å²) in [5.74, 6) is -1.10. The van der Waals surface area contributed by atoms with Crippen molar-refractivity contribution >= 4 is 17.7 Å². The Morgan fingerprint density at radius 1 is 1.00 bits per heavy atom. The predicted octanol–water partition coefficient (Wildman–Crippen LogP) is 3.00. The molecular formula is C21H19FN2O3. The molecule has 0 spiro atoms. The minimum Gasteiger partial charge on any atom is -0.335 e. The van der Waals surface area contributed by atoms with Crippen molar-refractivity contribution in [3.8, 4) is 0 Å². The van der Waals surface area contributed by atoms with Gasteiger partial charge in [-0.05, 0) is 42.7 Å². The van der Waals surface area contributed by atoms with Crippen LogP contribution >= 0.6 is 0 Å². The minimum atomic E-state index is -0.347. The van der Waals surface area contributed by atoms with E-state index in [0.717, 1.165) is 23.3 Å².